The predicted molar refractivity (Wildman–Crippen MR) is 127 cm³/mol. The molecule has 1 N–H and O–H groups in total. The van der Waals surface area contributed by atoms with Gasteiger partial charge in [0.25, 0.3) is 5.56 Å². The second kappa shape index (κ2) is 9.59. The Bertz CT molecular complexity index is 1320. The molecule has 0 amide bonds. The lowest BCUT2D eigenvalue weighted by atomic mass is 10.1. The van der Waals surface area contributed by atoms with Crippen molar-refractivity contribution in [1.82, 2.24) is 9.29 Å². The van der Waals surface area contributed by atoms with Crippen molar-refractivity contribution in [2.24, 2.45) is 0 Å². The number of fused-ring (bicyclic) bond motifs is 1. The lowest BCUT2D eigenvalue weighted by Crippen LogP contribution is -2.38. The number of nitrogens with one attached hydrogen (secondary N) is 1. The summed E-state index contributed by atoms with van der Waals surface area (Å²) in [7, 11) is -3.92. The van der Waals surface area contributed by atoms with E-state index in [-0.39, 0.29) is 35.4 Å². The highest BCUT2D eigenvalue weighted by Crippen LogP contribution is 2.23. The molecule has 7 nitrogen and oxygen atoms in total. The van der Waals surface area contributed by atoms with Gasteiger partial charge in [-0.2, -0.15) is 4.31 Å². The zero-order chi connectivity index (χ0) is 23.6. The summed E-state index contributed by atoms with van der Waals surface area (Å²) < 4.78 is 34.1. The number of carbonyl (C=O) groups excluding carboxylic acids is 1. The van der Waals surface area contributed by atoms with Crippen molar-refractivity contribution >= 4 is 26.7 Å². The van der Waals surface area contributed by atoms with Crippen molar-refractivity contribution < 1.29 is 17.9 Å². The first kappa shape index (κ1) is 23.4. The molecule has 0 saturated carbocycles. The third-order valence-corrected chi connectivity index (χ3v) is 7.90. The standard InChI is InChI=1S/C25H28N2O5S/c1-3-18-6-11-24-20(13-18)14-21(25(29)26-24)15-27(16-22-5-4-12-32-22)33(30,31)23-9-7-19(8-10-23)17(2)28/h6-11,13-14,22H,3-5,12,15-16H2,1-2H3,(H,26,29)/t22-/m0/s1. The molecule has 1 aliphatic rings. The van der Waals surface area contributed by atoms with Crippen LogP contribution in [-0.4, -0.2) is 42.7 Å². The van der Waals surface area contributed by atoms with E-state index in [0.717, 1.165) is 30.2 Å². The Labute approximate surface area is 193 Å². The maximum Gasteiger partial charge on any atom is 0.252 e. The van der Waals surface area contributed by atoms with Crippen LogP contribution in [0.5, 0.6) is 0 Å². The molecule has 1 saturated heterocycles. The maximum atomic E-state index is 13.6. The van der Waals surface area contributed by atoms with Gasteiger partial charge in [0.1, 0.15) is 0 Å². The molecule has 174 valence electrons. The molecular weight excluding hydrogens is 440 g/mol. The molecule has 2 aromatic carbocycles. The third kappa shape index (κ3) is 5.08. The summed E-state index contributed by atoms with van der Waals surface area (Å²) in [5.41, 5.74) is 2.35. The monoisotopic (exact) mass is 468 g/mol. The summed E-state index contributed by atoms with van der Waals surface area (Å²) in [4.78, 5) is 27.3. The molecule has 0 spiro atoms. The minimum absolute atomic E-state index is 0.0712. The van der Waals surface area contributed by atoms with E-state index in [2.05, 4.69) is 11.9 Å². The molecule has 8 heteroatoms. The molecule has 33 heavy (non-hydrogen) atoms. The van der Waals surface area contributed by atoms with Gasteiger partial charge in [-0.3, -0.25) is 9.59 Å². The summed E-state index contributed by atoms with van der Waals surface area (Å²) in [5, 5.41) is 0.865. The summed E-state index contributed by atoms with van der Waals surface area (Å²) >= 11 is 0. The van der Waals surface area contributed by atoms with Gasteiger partial charge in [-0.05, 0) is 67.5 Å². The van der Waals surface area contributed by atoms with E-state index in [1.54, 1.807) is 6.07 Å². The number of aryl methyl sites for hydroxylation is 1. The van der Waals surface area contributed by atoms with Gasteiger partial charge in [-0.25, -0.2) is 8.42 Å². The molecule has 1 aliphatic heterocycles. The van der Waals surface area contributed by atoms with Crippen LogP contribution in [0.25, 0.3) is 10.9 Å². The van der Waals surface area contributed by atoms with E-state index >= 15 is 0 Å². The Morgan fingerprint density at radius 2 is 1.91 bits per heavy atom. The predicted octanol–water partition coefficient (Wildman–Crippen LogP) is 3.66. The lowest BCUT2D eigenvalue weighted by molar-refractivity contribution is 0.0925. The van der Waals surface area contributed by atoms with Gasteiger partial charge in [-0.1, -0.05) is 25.1 Å². The van der Waals surface area contributed by atoms with Gasteiger partial charge >= 0.3 is 0 Å². The quantitative estimate of drug-likeness (QED) is 0.509. The highest BCUT2D eigenvalue weighted by molar-refractivity contribution is 7.89. The Morgan fingerprint density at radius 3 is 2.55 bits per heavy atom. The molecule has 2 heterocycles. The van der Waals surface area contributed by atoms with Gasteiger partial charge in [0.15, 0.2) is 5.78 Å². The molecule has 0 unspecified atom stereocenters. The van der Waals surface area contributed by atoms with Crippen LogP contribution in [0.4, 0.5) is 0 Å². The highest BCUT2D eigenvalue weighted by atomic mass is 32.2. The molecular formula is C25H28N2O5S. The topological polar surface area (TPSA) is 96.5 Å². The molecule has 3 aromatic rings. The Kier molecular flexibility index (Phi) is 6.78. The summed E-state index contributed by atoms with van der Waals surface area (Å²) in [6, 6.07) is 13.5. The van der Waals surface area contributed by atoms with Crippen LogP contribution in [0.1, 0.15) is 48.2 Å². The maximum absolute atomic E-state index is 13.6. The van der Waals surface area contributed by atoms with Crippen molar-refractivity contribution in [1.29, 1.82) is 0 Å². The fraction of sp³-hybridized carbons (Fsp3) is 0.360. The normalized spacial score (nSPS) is 16.5. The number of H-pyrrole nitrogens is 1. The summed E-state index contributed by atoms with van der Waals surface area (Å²) in [6.45, 7) is 4.17. The average molecular weight is 469 g/mol. The number of aromatic amines is 1. The molecule has 0 aliphatic carbocycles. The summed E-state index contributed by atoms with van der Waals surface area (Å²) in [5.74, 6) is -0.135. The van der Waals surface area contributed by atoms with Gasteiger partial charge < -0.3 is 9.72 Å². The van der Waals surface area contributed by atoms with Gasteiger partial charge in [0.2, 0.25) is 10.0 Å². The number of ether oxygens (including phenoxy) is 1. The third-order valence-electron chi connectivity index (χ3n) is 6.07. The number of Topliss-reactive ketones (excluding diaryl/α,β-unsaturated/α-hetero) is 1. The molecule has 1 aromatic heterocycles. The van der Waals surface area contributed by atoms with Crippen molar-refractivity contribution in [2.45, 2.75) is 50.7 Å². The number of pyridine rings is 1. The van der Waals surface area contributed by atoms with Crippen molar-refractivity contribution in [2.75, 3.05) is 13.2 Å². The number of benzene rings is 2. The number of aromatic nitrogens is 1. The number of sulfonamides is 1. The number of nitrogens with zero attached hydrogens (tertiary/aromatic N) is 1. The Morgan fingerprint density at radius 1 is 1.15 bits per heavy atom. The van der Waals surface area contributed by atoms with Gasteiger partial charge in [0, 0.05) is 36.3 Å². The van der Waals surface area contributed by atoms with E-state index in [9.17, 15) is 18.0 Å². The van der Waals surface area contributed by atoms with E-state index in [4.69, 9.17) is 4.74 Å². The van der Waals surface area contributed by atoms with Crippen LogP contribution in [-0.2, 0) is 27.7 Å². The first-order chi connectivity index (χ1) is 15.8. The van der Waals surface area contributed by atoms with Crippen LogP contribution in [0.15, 0.2) is 58.2 Å². The second-order valence-electron chi connectivity index (χ2n) is 8.41. The fourth-order valence-electron chi connectivity index (χ4n) is 4.10. The van der Waals surface area contributed by atoms with Crippen molar-refractivity contribution in [3.63, 3.8) is 0 Å². The SMILES string of the molecule is CCc1ccc2[nH]c(=O)c(CN(C[C@@H]3CCCO3)S(=O)(=O)c3ccc(C(C)=O)cc3)cc2c1. The molecule has 1 atom stereocenters. The lowest BCUT2D eigenvalue weighted by Gasteiger charge is -2.25. The Hall–Kier alpha value is -2.81. The van der Waals surface area contributed by atoms with Crippen LogP contribution >= 0.6 is 0 Å². The fourth-order valence-corrected chi connectivity index (χ4v) is 5.55. The number of hydrogen-bond donors (Lipinski definition) is 1. The number of carbonyl (C=O) groups is 1. The van der Waals surface area contributed by atoms with E-state index in [1.807, 2.05) is 18.2 Å². The zero-order valence-corrected chi connectivity index (χ0v) is 19.7. The number of hydrogen-bond acceptors (Lipinski definition) is 5. The van der Waals surface area contributed by atoms with Gasteiger partial charge in [-0.15, -0.1) is 0 Å². The molecule has 0 radical (unpaired) electrons. The van der Waals surface area contributed by atoms with E-state index in [0.29, 0.717) is 23.3 Å². The minimum Gasteiger partial charge on any atom is -0.377 e. The highest BCUT2D eigenvalue weighted by Gasteiger charge is 2.30. The van der Waals surface area contributed by atoms with Gasteiger partial charge in [0.05, 0.1) is 11.0 Å². The smallest absolute Gasteiger partial charge is 0.252 e. The van der Waals surface area contributed by atoms with Crippen molar-refractivity contribution in [3.8, 4) is 0 Å². The molecule has 4 rings (SSSR count). The zero-order valence-electron chi connectivity index (χ0n) is 18.8. The van der Waals surface area contributed by atoms with Crippen LogP contribution in [0, 0.1) is 0 Å². The number of rotatable bonds is 8. The Balaban J connectivity index is 1.72. The first-order valence-corrected chi connectivity index (χ1v) is 12.6. The summed E-state index contributed by atoms with van der Waals surface area (Å²) in [6.07, 6.45) is 2.29. The average Bonchev–Trinajstić information content (AvgIpc) is 3.32. The second-order valence-corrected chi connectivity index (χ2v) is 10.3. The van der Waals surface area contributed by atoms with E-state index in [1.165, 1.54) is 35.5 Å². The number of ketones is 1. The minimum atomic E-state index is -3.92. The first-order valence-electron chi connectivity index (χ1n) is 11.2. The molecule has 0 bridgehead atoms. The molecule has 1 fully saturated rings. The van der Waals surface area contributed by atoms with Crippen molar-refractivity contribution in [3.05, 3.63) is 75.6 Å². The van der Waals surface area contributed by atoms with Crippen LogP contribution < -0.4 is 5.56 Å². The largest absolute Gasteiger partial charge is 0.377 e. The van der Waals surface area contributed by atoms with Crippen LogP contribution in [0.2, 0.25) is 0 Å². The van der Waals surface area contributed by atoms with E-state index < -0.39 is 10.0 Å². The van der Waals surface area contributed by atoms with Crippen LogP contribution in [0.3, 0.4) is 0 Å².